The highest BCUT2D eigenvalue weighted by atomic mass is 35.5. The molecular weight excluding hydrogens is 311 g/mol. The lowest BCUT2D eigenvalue weighted by Crippen LogP contribution is -2.19. The van der Waals surface area contributed by atoms with E-state index in [-0.39, 0.29) is 6.03 Å². The predicted molar refractivity (Wildman–Crippen MR) is 86.8 cm³/mol. The highest BCUT2D eigenvalue weighted by Gasteiger charge is 2.07. The standard InChI is InChI=1S/C15H14Cl2N2O2/c1-9-7-11(21-2)4-6-14(9)19-15(20)18-10-3-5-12(16)13(17)8-10/h3-8H,1-2H3,(H2,18,19,20). The van der Waals surface area contributed by atoms with Crippen molar-refractivity contribution in [2.75, 3.05) is 17.7 Å². The van der Waals surface area contributed by atoms with Gasteiger partial charge in [0.1, 0.15) is 5.75 Å². The minimum Gasteiger partial charge on any atom is -0.497 e. The van der Waals surface area contributed by atoms with Crippen LogP contribution in [0.2, 0.25) is 10.0 Å². The van der Waals surface area contributed by atoms with Crippen molar-refractivity contribution in [2.24, 2.45) is 0 Å². The number of benzene rings is 2. The Morgan fingerprint density at radius 1 is 1.05 bits per heavy atom. The van der Waals surface area contributed by atoms with Gasteiger partial charge in [-0.2, -0.15) is 0 Å². The SMILES string of the molecule is COc1ccc(NC(=O)Nc2ccc(Cl)c(Cl)c2)c(C)c1. The summed E-state index contributed by atoms with van der Waals surface area (Å²) in [7, 11) is 1.60. The van der Waals surface area contributed by atoms with Crippen LogP contribution < -0.4 is 15.4 Å². The predicted octanol–water partition coefficient (Wildman–Crippen LogP) is 4.95. The number of hydrogen-bond acceptors (Lipinski definition) is 2. The summed E-state index contributed by atoms with van der Waals surface area (Å²) in [5.74, 6) is 0.739. The van der Waals surface area contributed by atoms with Gasteiger partial charge >= 0.3 is 6.03 Å². The molecule has 0 fully saturated rings. The van der Waals surface area contributed by atoms with Gasteiger partial charge in [0, 0.05) is 11.4 Å². The molecule has 0 unspecified atom stereocenters. The number of hydrogen-bond donors (Lipinski definition) is 2. The maximum Gasteiger partial charge on any atom is 0.323 e. The minimum atomic E-state index is -0.360. The van der Waals surface area contributed by atoms with Crippen molar-refractivity contribution in [3.8, 4) is 5.75 Å². The normalized spacial score (nSPS) is 10.1. The van der Waals surface area contributed by atoms with E-state index < -0.39 is 0 Å². The molecule has 0 aliphatic carbocycles. The summed E-state index contributed by atoms with van der Waals surface area (Å²) in [6.45, 7) is 1.89. The van der Waals surface area contributed by atoms with Gasteiger partial charge in [-0.3, -0.25) is 0 Å². The summed E-state index contributed by atoms with van der Waals surface area (Å²) in [4.78, 5) is 12.0. The quantitative estimate of drug-likeness (QED) is 0.838. The van der Waals surface area contributed by atoms with Crippen LogP contribution in [0.3, 0.4) is 0 Å². The first-order valence-electron chi connectivity index (χ1n) is 6.17. The van der Waals surface area contributed by atoms with Gasteiger partial charge in [-0.05, 0) is 48.9 Å². The second kappa shape index (κ2) is 6.70. The number of carbonyl (C=O) groups excluding carboxylic acids is 1. The number of halogens is 2. The second-order valence-corrected chi connectivity index (χ2v) is 5.20. The zero-order valence-corrected chi connectivity index (χ0v) is 13.0. The van der Waals surface area contributed by atoms with Gasteiger partial charge in [0.2, 0.25) is 0 Å². The third-order valence-electron chi connectivity index (χ3n) is 2.86. The molecular formula is C15H14Cl2N2O2. The number of amides is 2. The smallest absolute Gasteiger partial charge is 0.323 e. The van der Waals surface area contributed by atoms with Gasteiger partial charge in [-0.25, -0.2) is 4.79 Å². The van der Waals surface area contributed by atoms with Crippen molar-refractivity contribution in [1.29, 1.82) is 0 Å². The fourth-order valence-corrected chi connectivity index (χ4v) is 2.06. The topological polar surface area (TPSA) is 50.4 Å². The van der Waals surface area contributed by atoms with Crippen molar-refractivity contribution in [1.82, 2.24) is 0 Å². The first kappa shape index (κ1) is 15.5. The van der Waals surface area contributed by atoms with Crippen molar-refractivity contribution in [3.63, 3.8) is 0 Å². The summed E-state index contributed by atoms with van der Waals surface area (Å²) in [5.41, 5.74) is 2.17. The molecule has 2 aromatic carbocycles. The second-order valence-electron chi connectivity index (χ2n) is 4.39. The largest absolute Gasteiger partial charge is 0.497 e. The number of rotatable bonds is 3. The molecule has 0 heterocycles. The van der Waals surface area contributed by atoms with Crippen LogP contribution in [0.5, 0.6) is 5.75 Å². The van der Waals surface area contributed by atoms with Crippen molar-refractivity contribution in [2.45, 2.75) is 6.92 Å². The maximum atomic E-state index is 12.0. The van der Waals surface area contributed by atoms with Gasteiger partial charge < -0.3 is 15.4 Å². The molecule has 0 atom stereocenters. The van der Waals surface area contributed by atoms with Crippen molar-refractivity contribution >= 4 is 40.6 Å². The van der Waals surface area contributed by atoms with E-state index in [0.717, 1.165) is 11.3 Å². The number of methoxy groups -OCH3 is 1. The molecule has 0 aliphatic rings. The fraction of sp³-hybridized carbons (Fsp3) is 0.133. The van der Waals surface area contributed by atoms with Gasteiger partial charge in [-0.1, -0.05) is 23.2 Å². The molecule has 4 nitrogen and oxygen atoms in total. The molecule has 110 valence electrons. The molecule has 0 saturated heterocycles. The highest BCUT2D eigenvalue weighted by Crippen LogP contribution is 2.25. The minimum absolute atomic E-state index is 0.360. The van der Waals surface area contributed by atoms with Gasteiger partial charge in [-0.15, -0.1) is 0 Å². The zero-order chi connectivity index (χ0) is 15.4. The van der Waals surface area contributed by atoms with Crippen LogP contribution in [0.25, 0.3) is 0 Å². The molecule has 6 heteroatoms. The van der Waals surface area contributed by atoms with E-state index in [0.29, 0.717) is 21.4 Å². The van der Waals surface area contributed by atoms with Crippen LogP contribution in [-0.4, -0.2) is 13.1 Å². The average Bonchev–Trinajstić information content (AvgIpc) is 2.45. The van der Waals surface area contributed by atoms with Crippen LogP contribution >= 0.6 is 23.2 Å². The molecule has 0 aromatic heterocycles. The Morgan fingerprint density at radius 2 is 1.81 bits per heavy atom. The monoisotopic (exact) mass is 324 g/mol. The van der Waals surface area contributed by atoms with E-state index in [9.17, 15) is 4.79 Å². The molecule has 21 heavy (non-hydrogen) atoms. The molecule has 0 aliphatic heterocycles. The van der Waals surface area contributed by atoms with Gasteiger partial charge in [0.05, 0.1) is 17.2 Å². The van der Waals surface area contributed by atoms with Crippen LogP contribution in [0.1, 0.15) is 5.56 Å². The molecule has 2 amide bonds. The summed E-state index contributed by atoms with van der Waals surface area (Å²) in [5, 5.41) is 6.28. The van der Waals surface area contributed by atoms with E-state index in [1.165, 1.54) is 0 Å². The molecule has 0 bridgehead atoms. The van der Waals surface area contributed by atoms with Crippen molar-refractivity contribution in [3.05, 3.63) is 52.0 Å². The van der Waals surface area contributed by atoms with Crippen LogP contribution in [-0.2, 0) is 0 Å². The van der Waals surface area contributed by atoms with Gasteiger partial charge in [0.15, 0.2) is 0 Å². The lowest BCUT2D eigenvalue weighted by atomic mass is 10.2. The zero-order valence-electron chi connectivity index (χ0n) is 11.5. The molecule has 0 radical (unpaired) electrons. The van der Waals surface area contributed by atoms with Gasteiger partial charge in [0.25, 0.3) is 0 Å². The Bertz CT molecular complexity index is 675. The molecule has 2 rings (SSSR count). The summed E-state index contributed by atoms with van der Waals surface area (Å²) < 4.78 is 5.12. The molecule has 2 N–H and O–H groups in total. The number of aryl methyl sites for hydroxylation is 1. The highest BCUT2D eigenvalue weighted by molar-refractivity contribution is 6.42. The first-order valence-corrected chi connectivity index (χ1v) is 6.93. The lowest BCUT2D eigenvalue weighted by molar-refractivity contribution is 0.262. The lowest BCUT2D eigenvalue weighted by Gasteiger charge is -2.11. The molecule has 2 aromatic rings. The van der Waals surface area contributed by atoms with Crippen LogP contribution in [0.15, 0.2) is 36.4 Å². The van der Waals surface area contributed by atoms with E-state index in [4.69, 9.17) is 27.9 Å². The summed E-state index contributed by atoms with van der Waals surface area (Å²) >= 11 is 11.7. The van der Waals surface area contributed by atoms with E-state index >= 15 is 0 Å². The summed E-state index contributed by atoms with van der Waals surface area (Å²) in [6, 6.07) is 9.93. The first-order chi connectivity index (χ1) is 9.99. The number of ether oxygens (including phenoxy) is 1. The Balaban J connectivity index is 2.06. The third-order valence-corrected chi connectivity index (χ3v) is 3.60. The van der Waals surface area contributed by atoms with Crippen molar-refractivity contribution < 1.29 is 9.53 Å². The Kier molecular flexibility index (Phi) is 4.94. The fourth-order valence-electron chi connectivity index (χ4n) is 1.76. The molecule has 0 saturated carbocycles. The number of anilines is 2. The Morgan fingerprint density at radius 3 is 2.43 bits per heavy atom. The molecule has 0 spiro atoms. The third kappa shape index (κ3) is 4.03. The maximum absolute atomic E-state index is 12.0. The number of nitrogens with one attached hydrogen (secondary N) is 2. The van der Waals surface area contributed by atoms with E-state index in [1.807, 2.05) is 13.0 Å². The van der Waals surface area contributed by atoms with Crippen LogP contribution in [0, 0.1) is 6.92 Å². The average molecular weight is 325 g/mol. The Labute approximate surface area is 133 Å². The van der Waals surface area contributed by atoms with Crippen LogP contribution in [0.4, 0.5) is 16.2 Å². The van der Waals surface area contributed by atoms with E-state index in [1.54, 1.807) is 37.4 Å². The Hall–Kier alpha value is -1.91. The number of urea groups is 1. The number of carbonyl (C=O) groups is 1. The summed E-state index contributed by atoms with van der Waals surface area (Å²) in [6.07, 6.45) is 0. The van der Waals surface area contributed by atoms with E-state index in [2.05, 4.69) is 10.6 Å².